The van der Waals surface area contributed by atoms with Gasteiger partial charge in [-0.3, -0.25) is 0 Å². The van der Waals surface area contributed by atoms with Crippen molar-refractivity contribution < 1.29 is 9.94 Å². The zero-order valence-electron chi connectivity index (χ0n) is 5.75. The van der Waals surface area contributed by atoms with E-state index in [1.807, 2.05) is 0 Å². The van der Waals surface area contributed by atoms with Gasteiger partial charge in [-0.1, -0.05) is 16.8 Å². The van der Waals surface area contributed by atoms with E-state index in [0.717, 1.165) is 0 Å². The third kappa shape index (κ3) is 5.59. The molecule has 0 fully saturated rings. The highest BCUT2D eigenvalue weighted by atomic mass is 35.5. The van der Waals surface area contributed by atoms with Gasteiger partial charge in [-0.05, 0) is 13.0 Å². The summed E-state index contributed by atoms with van der Waals surface area (Å²) in [6.07, 6.45) is 1.66. The minimum atomic E-state index is 0.331. The molecule has 0 bridgehead atoms. The maximum Gasteiger partial charge on any atom is 0.0883 e. The average molecular weight is 164 g/mol. The van der Waals surface area contributed by atoms with Gasteiger partial charge in [0.15, 0.2) is 0 Å². The van der Waals surface area contributed by atoms with E-state index in [9.17, 15) is 0 Å². The Balaban J connectivity index is 3.20. The van der Waals surface area contributed by atoms with Crippen LogP contribution < -0.4 is 0 Å². The van der Waals surface area contributed by atoms with Crippen LogP contribution in [-0.4, -0.2) is 24.1 Å². The first-order chi connectivity index (χ1) is 4.81. The average Bonchev–Trinajstić information content (AvgIpc) is 1.98. The highest BCUT2D eigenvalue weighted by Gasteiger charge is 1.88. The van der Waals surface area contributed by atoms with Crippen LogP contribution >= 0.6 is 11.6 Å². The van der Waals surface area contributed by atoms with Gasteiger partial charge in [0.25, 0.3) is 0 Å². The van der Waals surface area contributed by atoms with Crippen LogP contribution in [0.5, 0.6) is 0 Å². The topological polar surface area (TPSA) is 41.8 Å². The Morgan fingerprint density at radius 1 is 1.80 bits per heavy atom. The molecular formula is C6H10ClNO2. The molecule has 0 atom stereocenters. The molecule has 0 aromatic heterocycles. The van der Waals surface area contributed by atoms with Gasteiger partial charge in [0.2, 0.25) is 0 Å². The highest BCUT2D eigenvalue weighted by Crippen LogP contribution is 1.82. The molecule has 4 heteroatoms. The molecule has 0 amide bonds. The summed E-state index contributed by atoms with van der Waals surface area (Å²) >= 11 is 5.21. The SMILES string of the molecule is C/C(COC/C=C/Cl)=N\O. The first-order valence-corrected chi connectivity index (χ1v) is 3.25. The molecule has 0 heterocycles. The minimum Gasteiger partial charge on any atom is -0.411 e. The Bertz CT molecular complexity index is 134. The smallest absolute Gasteiger partial charge is 0.0883 e. The van der Waals surface area contributed by atoms with Gasteiger partial charge in [-0.2, -0.15) is 0 Å². The van der Waals surface area contributed by atoms with E-state index in [4.69, 9.17) is 21.5 Å². The van der Waals surface area contributed by atoms with E-state index in [-0.39, 0.29) is 0 Å². The maximum atomic E-state index is 8.16. The molecule has 1 N–H and O–H groups in total. The zero-order chi connectivity index (χ0) is 7.82. The van der Waals surface area contributed by atoms with Crippen LogP contribution in [-0.2, 0) is 4.74 Å². The monoisotopic (exact) mass is 163 g/mol. The predicted octanol–water partition coefficient (Wildman–Crippen LogP) is 1.61. The van der Waals surface area contributed by atoms with Crippen molar-refractivity contribution in [2.75, 3.05) is 13.2 Å². The molecule has 0 radical (unpaired) electrons. The van der Waals surface area contributed by atoms with Crippen molar-refractivity contribution >= 4 is 17.3 Å². The Morgan fingerprint density at radius 2 is 2.50 bits per heavy atom. The fraction of sp³-hybridized carbons (Fsp3) is 0.500. The van der Waals surface area contributed by atoms with Crippen molar-refractivity contribution in [1.82, 2.24) is 0 Å². The van der Waals surface area contributed by atoms with Crippen LogP contribution in [0.3, 0.4) is 0 Å². The summed E-state index contributed by atoms with van der Waals surface area (Å²) < 4.78 is 4.96. The summed E-state index contributed by atoms with van der Waals surface area (Å²) in [6, 6.07) is 0. The number of rotatable bonds is 4. The van der Waals surface area contributed by atoms with E-state index in [1.54, 1.807) is 13.0 Å². The summed E-state index contributed by atoms with van der Waals surface area (Å²) in [6.45, 7) is 2.44. The highest BCUT2D eigenvalue weighted by molar-refractivity contribution is 6.25. The summed E-state index contributed by atoms with van der Waals surface area (Å²) in [7, 11) is 0. The number of ether oxygens (including phenoxy) is 1. The molecule has 0 aliphatic heterocycles. The van der Waals surface area contributed by atoms with Crippen molar-refractivity contribution in [2.24, 2.45) is 5.16 Å². The first-order valence-electron chi connectivity index (χ1n) is 2.81. The second-order valence-corrected chi connectivity index (χ2v) is 1.96. The molecule has 0 aromatic rings. The number of hydrogen-bond acceptors (Lipinski definition) is 3. The predicted molar refractivity (Wildman–Crippen MR) is 40.7 cm³/mol. The summed E-state index contributed by atoms with van der Waals surface area (Å²) in [5, 5.41) is 11.1. The van der Waals surface area contributed by atoms with Crippen molar-refractivity contribution in [2.45, 2.75) is 6.92 Å². The Kier molecular flexibility index (Phi) is 6.22. The van der Waals surface area contributed by atoms with Gasteiger partial charge in [0, 0.05) is 5.54 Å². The summed E-state index contributed by atoms with van der Waals surface area (Å²) in [5.74, 6) is 0. The van der Waals surface area contributed by atoms with Gasteiger partial charge in [-0.25, -0.2) is 0 Å². The van der Waals surface area contributed by atoms with Crippen molar-refractivity contribution in [3.63, 3.8) is 0 Å². The van der Waals surface area contributed by atoms with Crippen LogP contribution in [0.2, 0.25) is 0 Å². The zero-order valence-corrected chi connectivity index (χ0v) is 6.51. The standard InChI is InChI=1S/C6H10ClNO2/c1-6(8-9)5-10-4-2-3-7/h2-3,9H,4-5H2,1H3/b3-2+,8-6+. The molecule has 0 saturated carbocycles. The molecule has 0 saturated heterocycles. The molecular weight excluding hydrogens is 154 g/mol. The Labute approximate surface area is 64.9 Å². The van der Waals surface area contributed by atoms with E-state index in [1.165, 1.54) is 5.54 Å². The van der Waals surface area contributed by atoms with Gasteiger partial charge in [0.1, 0.15) is 0 Å². The molecule has 0 rings (SSSR count). The molecule has 10 heavy (non-hydrogen) atoms. The summed E-state index contributed by atoms with van der Waals surface area (Å²) in [4.78, 5) is 0. The summed E-state index contributed by atoms with van der Waals surface area (Å²) in [5.41, 5.74) is 1.92. The van der Waals surface area contributed by atoms with Crippen LogP contribution in [0.4, 0.5) is 0 Å². The third-order valence-corrected chi connectivity index (χ3v) is 0.963. The van der Waals surface area contributed by atoms with Crippen LogP contribution in [0, 0.1) is 0 Å². The van der Waals surface area contributed by atoms with Gasteiger partial charge in [0.05, 0.1) is 18.9 Å². The van der Waals surface area contributed by atoms with Gasteiger partial charge < -0.3 is 9.94 Å². The lowest BCUT2D eigenvalue weighted by Gasteiger charge is -1.96. The van der Waals surface area contributed by atoms with E-state index in [2.05, 4.69) is 5.16 Å². The Morgan fingerprint density at radius 3 is 3.00 bits per heavy atom. The molecule has 0 aliphatic rings. The van der Waals surface area contributed by atoms with Gasteiger partial charge >= 0.3 is 0 Å². The molecule has 3 nitrogen and oxygen atoms in total. The molecule has 58 valence electrons. The number of nitrogens with zero attached hydrogens (tertiary/aromatic N) is 1. The van der Waals surface area contributed by atoms with Crippen molar-refractivity contribution in [3.8, 4) is 0 Å². The van der Waals surface area contributed by atoms with Crippen molar-refractivity contribution in [3.05, 3.63) is 11.6 Å². The molecule has 0 aliphatic carbocycles. The quantitative estimate of drug-likeness (QED) is 0.296. The Hall–Kier alpha value is -0.540. The lowest BCUT2D eigenvalue weighted by molar-refractivity contribution is 0.199. The van der Waals surface area contributed by atoms with E-state index < -0.39 is 0 Å². The second-order valence-electron chi connectivity index (χ2n) is 1.71. The second kappa shape index (κ2) is 6.58. The maximum absolute atomic E-state index is 8.16. The lowest BCUT2D eigenvalue weighted by Crippen LogP contribution is -2.04. The van der Waals surface area contributed by atoms with E-state index >= 15 is 0 Å². The van der Waals surface area contributed by atoms with Crippen LogP contribution in [0.25, 0.3) is 0 Å². The normalized spacial score (nSPS) is 12.8. The van der Waals surface area contributed by atoms with E-state index in [0.29, 0.717) is 18.9 Å². The van der Waals surface area contributed by atoms with Crippen LogP contribution in [0.1, 0.15) is 6.92 Å². The number of hydrogen-bond donors (Lipinski definition) is 1. The fourth-order valence-electron chi connectivity index (χ4n) is 0.340. The van der Waals surface area contributed by atoms with Crippen LogP contribution in [0.15, 0.2) is 16.8 Å². The first kappa shape index (κ1) is 9.46. The molecule has 0 aromatic carbocycles. The largest absolute Gasteiger partial charge is 0.411 e. The number of halogens is 1. The minimum absolute atomic E-state index is 0.331. The van der Waals surface area contributed by atoms with Crippen molar-refractivity contribution in [1.29, 1.82) is 0 Å². The number of oxime groups is 1. The third-order valence-electron chi connectivity index (χ3n) is 0.785. The van der Waals surface area contributed by atoms with Gasteiger partial charge in [-0.15, -0.1) is 0 Å². The lowest BCUT2D eigenvalue weighted by atomic mass is 10.5. The molecule has 0 spiro atoms. The molecule has 0 unspecified atom stereocenters. The fourth-order valence-corrected chi connectivity index (χ4v) is 0.413.